The lowest BCUT2D eigenvalue weighted by Gasteiger charge is -2.08. The van der Waals surface area contributed by atoms with E-state index in [1.54, 1.807) is 0 Å². The van der Waals surface area contributed by atoms with Crippen molar-refractivity contribution in [1.29, 1.82) is 0 Å². The lowest BCUT2D eigenvalue weighted by Crippen LogP contribution is -2.37. The number of hydrogen-bond acceptors (Lipinski definition) is 5. The molecule has 0 bridgehead atoms. The Morgan fingerprint density at radius 1 is 1.21 bits per heavy atom. The van der Waals surface area contributed by atoms with Crippen molar-refractivity contribution in [3.8, 4) is 0 Å². The predicted octanol–water partition coefficient (Wildman–Crippen LogP) is -1.46. The predicted molar refractivity (Wildman–Crippen MR) is 68.5 cm³/mol. The molecule has 0 radical (unpaired) electrons. The maximum atomic E-state index is 12.0. The molecule has 0 aromatic carbocycles. The van der Waals surface area contributed by atoms with Gasteiger partial charge in [0.15, 0.2) is 0 Å². The second kappa shape index (κ2) is 4.28. The zero-order valence-electron chi connectivity index (χ0n) is 10.5. The van der Waals surface area contributed by atoms with E-state index in [-0.39, 0.29) is 15.9 Å². The van der Waals surface area contributed by atoms with Gasteiger partial charge in [-0.15, -0.1) is 0 Å². The molecular weight excluding hydrogens is 272 g/mol. The number of rotatable bonds is 2. The number of fused-ring (bicyclic) bond motifs is 1. The average Bonchev–Trinajstić information content (AvgIpc) is 2.42. The molecule has 0 aliphatic rings. The number of nitrogens with one attached hydrogen (secondary N) is 1. The molecule has 0 aliphatic heterocycles. The molecule has 9 heteroatoms. The Labute approximate surface area is 108 Å². The summed E-state index contributed by atoms with van der Waals surface area (Å²) in [4.78, 5) is 27.4. The van der Waals surface area contributed by atoms with Crippen LogP contribution in [-0.2, 0) is 24.1 Å². The monoisotopic (exact) mass is 284 g/mol. The summed E-state index contributed by atoms with van der Waals surface area (Å²) in [6.45, 7) is 0. The molecule has 19 heavy (non-hydrogen) atoms. The third kappa shape index (κ3) is 1.96. The number of hydrogen-bond donors (Lipinski definition) is 1. The second-order valence-corrected chi connectivity index (χ2v) is 5.84. The van der Waals surface area contributed by atoms with Crippen LogP contribution in [0.3, 0.4) is 0 Å². The van der Waals surface area contributed by atoms with Gasteiger partial charge >= 0.3 is 5.69 Å². The lowest BCUT2D eigenvalue weighted by atomic mass is 10.3. The van der Waals surface area contributed by atoms with Crippen molar-refractivity contribution in [2.45, 2.75) is 4.90 Å². The Morgan fingerprint density at radius 3 is 2.42 bits per heavy atom. The van der Waals surface area contributed by atoms with E-state index in [4.69, 9.17) is 0 Å². The van der Waals surface area contributed by atoms with E-state index in [1.165, 1.54) is 31.8 Å². The molecular formula is C10H12N4O4S. The average molecular weight is 284 g/mol. The molecule has 0 amide bonds. The fourth-order valence-corrected chi connectivity index (χ4v) is 2.41. The smallest absolute Gasteiger partial charge is 0.280 e. The fourth-order valence-electron chi connectivity index (χ4n) is 1.71. The van der Waals surface area contributed by atoms with Crippen molar-refractivity contribution in [2.75, 3.05) is 7.05 Å². The summed E-state index contributed by atoms with van der Waals surface area (Å²) in [6.07, 6.45) is 1.10. The van der Waals surface area contributed by atoms with E-state index in [1.807, 2.05) is 0 Å². The molecule has 0 saturated heterocycles. The number of sulfonamides is 1. The van der Waals surface area contributed by atoms with Crippen molar-refractivity contribution < 1.29 is 8.42 Å². The summed E-state index contributed by atoms with van der Waals surface area (Å²) in [5, 5.41) is 0.0703. The zero-order valence-corrected chi connectivity index (χ0v) is 11.4. The number of pyridine rings is 1. The van der Waals surface area contributed by atoms with Gasteiger partial charge in [0.1, 0.15) is 10.5 Å². The summed E-state index contributed by atoms with van der Waals surface area (Å²) in [6, 6.07) is 1.20. The first-order chi connectivity index (χ1) is 8.79. The second-order valence-electron chi connectivity index (χ2n) is 3.96. The van der Waals surface area contributed by atoms with Crippen molar-refractivity contribution >= 4 is 21.1 Å². The van der Waals surface area contributed by atoms with Crippen LogP contribution >= 0.6 is 0 Å². The van der Waals surface area contributed by atoms with Gasteiger partial charge in [0.25, 0.3) is 5.56 Å². The summed E-state index contributed by atoms with van der Waals surface area (Å²) < 4.78 is 27.6. The van der Waals surface area contributed by atoms with Crippen LogP contribution in [0.5, 0.6) is 0 Å². The van der Waals surface area contributed by atoms with Crippen molar-refractivity contribution in [3.05, 3.63) is 33.1 Å². The Balaban J connectivity index is 2.97. The minimum absolute atomic E-state index is 0.0703. The SMILES string of the molecule is CNS(=O)(=O)c1cnc2c(c1)c(=O)n(C)c(=O)n2C. The molecule has 1 N–H and O–H groups in total. The van der Waals surface area contributed by atoms with Gasteiger partial charge in [0.05, 0.1) is 5.39 Å². The van der Waals surface area contributed by atoms with E-state index in [0.717, 1.165) is 10.8 Å². The third-order valence-electron chi connectivity index (χ3n) is 2.85. The quantitative estimate of drug-likeness (QED) is 0.726. The van der Waals surface area contributed by atoms with Crippen LogP contribution in [0.15, 0.2) is 26.7 Å². The summed E-state index contributed by atoms with van der Waals surface area (Å²) in [5.41, 5.74) is -0.962. The highest BCUT2D eigenvalue weighted by atomic mass is 32.2. The molecule has 2 heterocycles. The highest BCUT2D eigenvalue weighted by molar-refractivity contribution is 7.89. The molecule has 0 unspecified atom stereocenters. The van der Waals surface area contributed by atoms with Crippen molar-refractivity contribution in [2.24, 2.45) is 14.1 Å². The van der Waals surface area contributed by atoms with Crippen LogP contribution < -0.4 is 16.0 Å². The molecule has 2 aromatic rings. The van der Waals surface area contributed by atoms with Crippen LogP contribution in [0, 0.1) is 0 Å². The highest BCUT2D eigenvalue weighted by Gasteiger charge is 2.16. The topological polar surface area (TPSA) is 103 Å². The molecule has 2 aromatic heterocycles. The maximum Gasteiger partial charge on any atom is 0.332 e. The zero-order chi connectivity index (χ0) is 14.4. The molecule has 2 rings (SSSR count). The summed E-state index contributed by atoms with van der Waals surface area (Å²) in [7, 11) is 0.356. The summed E-state index contributed by atoms with van der Waals surface area (Å²) in [5.74, 6) is 0. The summed E-state index contributed by atoms with van der Waals surface area (Å²) >= 11 is 0. The number of aromatic nitrogens is 3. The van der Waals surface area contributed by atoms with Crippen molar-refractivity contribution in [3.63, 3.8) is 0 Å². The number of aryl methyl sites for hydroxylation is 1. The van der Waals surface area contributed by atoms with Gasteiger partial charge < -0.3 is 0 Å². The van der Waals surface area contributed by atoms with Crippen LogP contribution in [0.25, 0.3) is 11.0 Å². The fraction of sp³-hybridized carbons (Fsp3) is 0.300. The van der Waals surface area contributed by atoms with E-state index in [9.17, 15) is 18.0 Å². The molecule has 102 valence electrons. The van der Waals surface area contributed by atoms with Crippen LogP contribution in [0.2, 0.25) is 0 Å². The highest BCUT2D eigenvalue weighted by Crippen LogP contribution is 2.11. The van der Waals surface area contributed by atoms with Gasteiger partial charge in [-0.25, -0.2) is 22.9 Å². The van der Waals surface area contributed by atoms with E-state index < -0.39 is 21.3 Å². The Bertz CT molecular complexity index is 879. The van der Waals surface area contributed by atoms with E-state index in [0.29, 0.717) is 0 Å². The minimum Gasteiger partial charge on any atom is -0.280 e. The van der Waals surface area contributed by atoms with Crippen molar-refractivity contribution in [1.82, 2.24) is 18.8 Å². The van der Waals surface area contributed by atoms with Gasteiger partial charge in [-0.05, 0) is 13.1 Å². The largest absolute Gasteiger partial charge is 0.332 e. The first-order valence-corrected chi connectivity index (χ1v) is 6.77. The Hall–Kier alpha value is -2.00. The van der Waals surface area contributed by atoms with Crippen LogP contribution in [0.1, 0.15) is 0 Å². The molecule has 0 fully saturated rings. The lowest BCUT2D eigenvalue weighted by molar-refractivity contribution is 0.588. The van der Waals surface area contributed by atoms with E-state index >= 15 is 0 Å². The minimum atomic E-state index is -3.69. The van der Waals surface area contributed by atoms with Crippen LogP contribution in [0.4, 0.5) is 0 Å². The Morgan fingerprint density at radius 2 is 1.84 bits per heavy atom. The third-order valence-corrected chi connectivity index (χ3v) is 4.23. The standard InChI is InChI=1S/C10H12N4O4S/c1-11-19(17,18)6-4-7-8(12-5-6)13(2)10(16)14(3)9(7)15/h4-5,11H,1-3H3. The molecule has 0 saturated carbocycles. The van der Waals surface area contributed by atoms with Gasteiger partial charge in [0, 0.05) is 20.3 Å². The van der Waals surface area contributed by atoms with Crippen LogP contribution in [-0.4, -0.2) is 29.6 Å². The molecule has 8 nitrogen and oxygen atoms in total. The van der Waals surface area contributed by atoms with E-state index in [2.05, 4.69) is 9.71 Å². The molecule has 0 aliphatic carbocycles. The molecule has 0 spiro atoms. The maximum absolute atomic E-state index is 12.0. The normalized spacial score (nSPS) is 11.9. The van der Waals surface area contributed by atoms with Gasteiger partial charge in [0.2, 0.25) is 10.0 Å². The number of nitrogens with zero attached hydrogens (tertiary/aromatic N) is 3. The molecule has 0 atom stereocenters. The Kier molecular flexibility index (Phi) is 3.03. The van der Waals surface area contributed by atoms with Gasteiger partial charge in [-0.1, -0.05) is 0 Å². The van der Waals surface area contributed by atoms with Gasteiger partial charge in [-0.2, -0.15) is 0 Å². The first kappa shape index (κ1) is 13.4. The van der Waals surface area contributed by atoms with Gasteiger partial charge in [-0.3, -0.25) is 13.9 Å². The first-order valence-electron chi connectivity index (χ1n) is 5.29.